The molecule has 1 rings (SSSR count). The Morgan fingerprint density at radius 3 is 2.83 bits per heavy atom. The summed E-state index contributed by atoms with van der Waals surface area (Å²) in [6, 6.07) is 0. The average Bonchev–Trinajstić information content (AvgIpc) is 2.66. The molecule has 0 saturated carbocycles. The zero-order chi connectivity index (χ0) is 13.7. The second-order valence-corrected chi connectivity index (χ2v) is 5.86. The van der Waals surface area contributed by atoms with Gasteiger partial charge in [-0.3, -0.25) is 4.79 Å². The van der Waals surface area contributed by atoms with Crippen LogP contribution in [0, 0.1) is 5.92 Å². The highest BCUT2D eigenvalue weighted by Gasteiger charge is 2.15. The predicted molar refractivity (Wildman–Crippen MR) is 76.8 cm³/mol. The smallest absolute Gasteiger partial charge is 0.239 e. The molecule has 1 N–H and O–H groups in total. The van der Waals surface area contributed by atoms with Crippen LogP contribution >= 0.6 is 27.5 Å². The van der Waals surface area contributed by atoms with Crippen LogP contribution in [0.25, 0.3) is 0 Å². The first-order chi connectivity index (χ1) is 8.45. The highest BCUT2D eigenvalue weighted by atomic mass is 79.9. The second-order valence-electron chi connectivity index (χ2n) is 4.21. The van der Waals surface area contributed by atoms with Crippen LogP contribution in [0.4, 0.5) is 0 Å². The maximum absolute atomic E-state index is 11.8. The van der Waals surface area contributed by atoms with Gasteiger partial charge in [0.1, 0.15) is 0 Å². The van der Waals surface area contributed by atoms with E-state index >= 15 is 0 Å². The summed E-state index contributed by atoms with van der Waals surface area (Å²) in [6.45, 7) is 8.09. The normalized spacial score (nSPS) is 12.0. The maximum atomic E-state index is 11.8. The number of halogens is 1. The summed E-state index contributed by atoms with van der Waals surface area (Å²) >= 11 is 4.71. The van der Waals surface area contributed by atoms with Crippen LogP contribution in [0.5, 0.6) is 5.88 Å². The number of rotatable bonds is 6. The first-order valence-electron chi connectivity index (χ1n) is 5.55. The van der Waals surface area contributed by atoms with Crippen molar-refractivity contribution in [3.8, 4) is 5.88 Å². The first-order valence-corrected chi connectivity index (χ1v) is 7.12. The topological polar surface area (TPSA) is 51.2 Å². The number of carbonyl (C=O) groups excluding carboxylic acids is 1. The van der Waals surface area contributed by atoms with Crippen molar-refractivity contribution in [3.05, 3.63) is 21.5 Å². The summed E-state index contributed by atoms with van der Waals surface area (Å²) < 4.78 is 9.98. The van der Waals surface area contributed by atoms with E-state index in [2.05, 4.69) is 32.2 Å². The van der Waals surface area contributed by atoms with Gasteiger partial charge in [-0.15, -0.1) is 6.58 Å². The summed E-state index contributed by atoms with van der Waals surface area (Å²) in [4.78, 5) is 12.8. The Balaban J connectivity index is 2.52. The Kier molecular flexibility index (Phi) is 5.81. The van der Waals surface area contributed by atoms with E-state index in [-0.39, 0.29) is 11.8 Å². The fourth-order valence-corrected chi connectivity index (χ4v) is 2.88. The molecule has 100 valence electrons. The molecular formula is C12H17BrN2O2S. The van der Waals surface area contributed by atoms with Gasteiger partial charge in [0, 0.05) is 5.92 Å². The lowest BCUT2D eigenvalue weighted by atomic mass is 10.0. The van der Waals surface area contributed by atoms with Crippen LogP contribution in [0.15, 0.2) is 16.6 Å². The van der Waals surface area contributed by atoms with Crippen molar-refractivity contribution in [2.45, 2.75) is 26.8 Å². The lowest BCUT2D eigenvalue weighted by Crippen LogP contribution is -2.28. The second kappa shape index (κ2) is 6.89. The molecular weight excluding hydrogens is 316 g/mol. The lowest BCUT2D eigenvalue weighted by molar-refractivity contribution is -0.124. The minimum absolute atomic E-state index is 0.0252. The molecule has 0 saturated heterocycles. The SMILES string of the molecule is C=C(C)C[C@H](C)C(=O)NCc1snc(OC)c1Br. The number of hydrogen-bond acceptors (Lipinski definition) is 4. The lowest BCUT2D eigenvalue weighted by Gasteiger charge is -2.11. The van der Waals surface area contributed by atoms with Crippen molar-refractivity contribution < 1.29 is 9.53 Å². The van der Waals surface area contributed by atoms with E-state index in [1.54, 1.807) is 7.11 Å². The van der Waals surface area contributed by atoms with Gasteiger partial charge >= 0.3 is 0 Å². The largest absolute Gasteiger partial charge is 0.480 e. The minimum Gasteiger partial charge on any atom is -0.480 e. The summed E-state index contributed by atoms with van der Waals surface area (Å²) in [5.74, 6) is 0.521. The molecule has 1 aromatic rings. The van der Waals surface area contributed by atoms with Crippen LogP contribution < -0.4 is 10.1 Å². The van der Waals surface area contributed by atoms with Gasteiger partial charge in [-0.2, -0.15) is 4.37 Å². The van der Waals surface area contributed by atoms with Crippen molar-refractivity contribution in [2.24, 2.45) is 5.92 Å². The molecule has 0 bridgehead atoms. The summed E-state index contributed by atoms with van der Waals surface area (Å²) in [7, 11) is 1.57. The van der Waals surface area contributed by atoms with Crippen molar-refractivity contribution in [3.63, 3.8) is 0 Å². The number of nitrogens with one attached hydrogen (secondary N) is 1. The average molecular weight is 333 g/mol. The fourth-order valence-electron chi connectivity index (χ4n) is 1.49. The Morgan fingerprint density at radius 2 is 2.33 bits per heavy atom. The molecule has 0 aliphatic heterocycles. The van der Waals surface area contributed by atoms with Crippen LogP contribution in [0.2, 0.25) is 0 Å². The maximum Gasteiger partial charge on any atom is 0.239 e. The summed E-state index contributed by atoms with van der Waals surface area (Å²) in [5, 5.41) is 2.89. The molecule has 0 spiro atoms. The molecule has 1 atom stereocenters. The van der Waals surface area contributed by atoms with Gasteiger partial charge in [-0.1, -0.05) is 12.5 Å². The number of allylic oxidation sites excluding steroid dienone is 1. The number of hydrogen-bond donors (Lipinski definition) is 1. The Labute approximate surface area is 120 Å². The van der Waals surface area contributed by atoms with E-state index in [1.807, 2.05) is 13.8 Å². The van der Waals surface area contributed by atoms with Gasteiger partial charge in [0.2, 0.25) is 11.8 Å². The van der Waals surface area contributed by atoms with Crippen molar-refractivity contribution in [1.82, 2.24) is 9.69 Å². The third-order valence-electron chi connectivity index (χ3n) is 2.39. The minimum atomic E-state index is -0.0592. The van der Waals surface area contributed by atoms with E-state index < -0.39 is 0 Å². The molecule has 4 nitrogen and oxygen atoms in total. The third-order valence-corrected chi connectivity index (χ3v) is 4.30. The van der Waals surface area contributed by atoms with E-state index in [4.69, 9.17) is 4.74 Å². The Hall–Kier alpha value is -0.880. The number of methoxy groups -OCH3 is 1. The van der Waals surface area contributed by atoms with Crippen molar-refractivity contribution >= 4 is 33.4 Å². The predicted octanol–water partition coefficient (Wildman–Crippen LogP) is 3.13. The number of aromatic nitrogens is 1. The van der Waals surface area contributed by atoms with Crippen LogP contribution in [-0.2, 0) is 11.3 Å². The van der Waals surface area contributed by atoms with E-state index in [9.17, 15) is 4.79 Å². The number of ether oxygens (including phenoxy) is 1. The molecule has 18 heavy (non-hydrogen) atoms. The molecule has 0 aliphatic carbocycles. The molecule has 6 heteroatoms. The van der Waals surface area contributed by atoms with Gasteiger partial charge in [-0.25, -0.2) is 0 Å². The van der Waals surface area contributed by atoms with E-state index in [1.165, 1.54) is 11.5 Å². The quantitative estimate of drug-likeness (QED) is 0.814. The van der Waals surface area contributed by atoms with Crippen molar-refractivity contribution in [2.75, 3.05) is 7.11 Å². The van der Waals surface area contributed by atoms with Crippen molar-refractivity contribution in [1.29, 1.82) is 0 Å². The van der Waals surface area contributed by atoms with Gasteiger partial charge < -0.3 is 10.1 Å². The van der Waals surface area contributed by atoms with E-state index in [0.717, 1.165) is 14.9 Å². The first kappa shape index (κ1) is 15.2. The van der Waals surface area contributed by atoms with Gasteiger partial charge in [-0.05, 0) is 40.8 Å². The van der Waals surface area contributed by atoms with Crippen LogP contribution in [-0.4, -0.2) is 17.4 Å². The Morgan fingerprint density at radius 1 is 1.67 bits per heavy atom. The zero-order valence-electron chi connectivity index (χ0n) is 10.7. The van der Waals surface area contributed by atoms with Crippen LogP contribution in [0.1, 0.15) is 25.1 Å². The number of nitrogens with zero attached hydrogens (tertiary/aromatic N) is 1. The molecule has 1 amide bonds. The molecule has 0 unspecified atom stereocenters. The standard InChI is InChI=1S/C12H17BrN2O2S/c1-7(2)5-8(3)11(16)14-6-9-10(13)12(17-4)15-18-9/h8H,1,5-6H2,2-4H3,(H,14,16)/t8-/m0/s1. The molecule has 0 aliphatic rings. The summed E-state index contributed by atoms with van der Waals surface area (Å²) in [5.41, 5.74) is 1.01. The number of carbonyl (C=O) groups is 1. The van der Waals surface area contributed by atoms with Gasteiger partial charge in [0.05, 0.1) is 23.0 Å². The highest BCUT2D eigenvalue weighted by molar-refractivity contribution is 9.10. The van der Waals surface area contributed by atoms with Gasteiger partial charge in [0.15, 0.2) is 0 Å². The highest BCUT2D eigenvalue weighted by Crippen LogP contribution is 2.30. The molecule has 1 heterocycles. The number of amides is 1. The molecule has 0 aromatic carbocycles. The summed E-state index contributed by atoms with van der Waals surface area (Å²) in [6.07, 6.45) is 0.707. The monoisotopic (exact) mass is 332 g/mol. The fraction of sp³-hybridized carbons (Fsp3) is 0.500. The van der Waals surface area contributed by atoms with Gasteiger partial charge in [0.25, 0.3) is 0 Å². The van der Waals surface area contributed by atoms with E-state index in [0.29, 0.717) is 18.8 Å². The molecule has 0 fully saturated rings. The Bertz CT molecular complexity index is 445. The zero-order valence-corrected chi connectivity index (χ0v) is 13.2. The third kappa shape index (κ3) is 4.10. The molecule has 1 aromatic heterocycles. The molecule has 0 radical (unpaired) electrons. The van der Waals surface area contributed by atoms with Crippen LogP contribution in [0.3, 0.4) is 0 Å².